The van der Waals surface area contributed by atoms with Crippen LogP contribution in [-0.2, 0) is 4.74 Å². The van der Waals surface area contributed by atoms with Crippen LogP contribution in [0.3, 0.4) is 0 Å². The summed E-state index contributed by atoms with van der Waals surface area (Å²) in [4.78, 5) is 31.8. The topological polar surface area (TPSA) is 72.0 Å². The standard InChI is InChI=1S/C20H17BrN2O3/c1-12-13(2)23-19(22-12)15-3-5-16(6-4-15)20(25)26-11-18(24)14-7-9-17(21)10-8-14/h3-10H,11H2,1-2H3,(H,22,23). The van der Waals surface area contributed by atoms with E-state index in [1.807, 2.05) is 13.8 Å². The number of H-pyrrole nitrogens is 1. The van der Waals surface area contributed by atoms with E-state index in [4.69, 9.17) is 4.74 Å². The molecule has 0 spiro atoms. The third-order valence-corrected chi connectivity index (χ3v) is 4.55. The highest BCUT2D eigenvalue weighted by molar-refractivity contribution is 9.10. The molecule has 1 heterocycles. The van der Waals surface area contributed by atoms with E-state index in [-0.39, 0.29) is 12.4 Å². The predicted molar refractivity (Wildman–Crippen MR) is 102 cm³/mol. The second kappa shape index (κ2) is 7.66. The molecule has 0 aliphatic rings. The molecule has 6 heteroatoms. The minimum atomic E-state index is -0.534. The number of halogens is 1. The van der Waals surface area contributed by atoms with Crippen LogP contribution in [0.5, 0.6) is 0 Å². The molecule has 0 saturated heterocycles. The number of nitrogens with one attached hydrogen (secondary N) is 1. The Balaban J connectivity index is 1.63. The maximum absolute atomic E-state index is 12.1. The van der Waals surface area contributed by atoms with Gasteiger partial charge in [-0.15, -0.1) is 0 Å². The number of aryl methyl sites for hydroxylation is 2. The lowest BCUT2D eigenvalue weighted by Crippen LogP contribution is -2.14. The highest BCUT2D eigenvalue weighted by Gasteiger charge is 2.13. The van der Waals surface area contributed by atoms with Gasteiger partial charge in [-0.25, -0.2) is 9.78 Å². The molecule has 0 unspecified atom stereocenters. The molecule has 2 aromatic carbocycles. The Morgan fingerprint density at radius 3 is 2.19 bits per heavy atom. The average molecular weight is 413 g/mol. The van der Waals surface area contributed by atoms with Crippen molar-refractivity contribution in [2.24, 2.45) is 0 Å². The predicted octanol–water partition coefficient (Wildman–Crippen LogP) is 4.50. The van der Waals surface area contributed by atoms with Crippen LogP contribution in [0.15, 0.2) is 53.0 Å². The lowest BCUT2D eigenvalue weighted by molar-refractivity contribution is 0.0475. The van der Waals surface area contributed by atoms with Crippen molar-refractivity contribution in [1.29, 1.82) is 0 Å². The van der Waals surface area contributed by atoms with E-state index >= 15 is 0 Å². The maximum Gasteiger partial charge on any atom is 0.338 e. The number of Topliss-reactive ketones (excluding diaryl/α,β-unsaturated/α-hetero) is 1. The van der Waals surface area contributed by atoms with Gasteiger partial charge < -0.3 is 9.72 Å². The molecule has 0 amide bonds. The van der Waals surface area contributed by atoms with Crippen LogP contribution in [0.4, 0.5) is 0 Å². The van der Waals surface area contributed by atoms with Crippen molar-refractivity contribution in [2.45, 2.75) is 13.8 Å². The van der Waals surface area contributed by atoms with E-state index < -0.39 is 5.97 Å². The summed E-state index contributed by atoms with van der Waals surface area (Å²) in [6, 6.07) is 13.8. The average Bonchev–Trinajstić information content (AvgIpc) is 2.99. The van der Waals surface area contributed by atoms with Gasteiger partial charge in [0, 0.05) is 21.3 Å². The van der Waals surface area contributed by atoms with E-state index in [1.165, 1.54) is 0 Å². The van der Waals surface area contributed by atoms with E-state index in [1.54, 1.807) is 48.5 Å². The fourth-order valence-corrected chi connectivity index (χ4v) is 2.65. The highest BCUT2D eigenvalue weighted by Crippen LogP contribution is 2.19. The Hall–Kier alpha value is -2.73. The first kappa shape index (κ1) is 18.1. The fraction of sp³-hybridized carbons (Fsp3) is 0.150. The quantitative estimate of drug-likeness (QED) is 0.494. The van der Waals surface area contributed by atoms with Gasteiger partial charge in [0.2, 0.25) is 0 Å². The number of hydrogen-bond donors (Lipinski definition) is 1. The monoisotopic (exact) mass is 412 g/mol. The Labute approximate surface area is 159 Å². The second-order valence-electron chi connectivity index (χ2n) is 5.88. The number of hydrogen-bond acceptors (Lipinski definition) is 4. The summed E-state index contributed by atoms with van der Waals surface area (Å²) in [6.45, 7) is 3.60. The maximum atomic E-state index is 12.1. The first-order valence-corrected chi connectivity index (χ1v) is 8.83. The number of esters is 1. The molecule has 132 valence electrons. The van der Waals surface area contributed by atoms with Crippen LogP contribution in [0, 0.1) is 13.8 Å². The van der Waals surface area contributed by atoms with Gasteiger partial charge in [0.15, 0.2) is 12.4 Å². The van der Waals surface area contributed by atoms with Gasteiger partial charge in [-0.2, -0.15) is 0 Å². The normalized spacial score (nSPS) is 10.6. The Morgan fingerprint density at radius 1 is 1.00 bits per heavy atom. The van der Waals surface area contributed by atoms with Gasteiger partial charge in [0.1, 0.15) is 5.82 Å². The molecular weight excluding hydrogens is 396 g/mol. The van der Waals surface area contributed by atoms with Crippen molar-refractivity contribution in [3.05, 3.63) is 75.5 Å². The molecule has 0 aliphatic carbocycles. The zero-order valence-electron chi connectivity index (χ0n) is 14.4. The molecule has 0 bridgehead atoms. The number of aromatic amines is 1. The summed E-state index contributed by atoms with van der Waals surface area (Å²) >= 11 is 3.31. The smallest absolute Gasteiger partial charge is 0.338 e. The van der Waals surface area contributed by atoms with Gasteiger partial charge >= 0.3 is 5.97 Å². The van der Waals surface area contributed by atoms with E-state index in [2.05, 4.69) is 25.9 Å². The van der Waals surface area contributed by atoms with Gasteiger partial charge in [0.25, 0.3) is 0 Å². The molecular formula is C20H17BrN2O3. The number of aromatic nitrogens is 2. The zero-order valence-corrected chi connectivity index (χ0v) is 16.0. The van der Waals surface area contributed by atoms with Crippen molar-refractivity contribution in [3.63, 3.8) is 0 Å². The van der Waals surface area contributed by atoms with E-state index in [0.717, 1.165) is 27.2 Å². The summed E-state index contributed by atoms with van der Waals surface area (Å²) in [7, 11) is 0. The number of rotatable bonds is 5. The summed E-state index contributed by atoms with van der Waals surface area (Å²) in [5, 5.41) is 0. The minimum Gasteiger partial charge on any atom is -0.454 e. The second-order valence-corrected chi connectivity index (χ2v) is 6.80. The Kier molecular flexibility index (Phi) is 5.32. The number of imidazole rings is 1. The van der Waals surface area contributed by atoms with Crippen LogP contribution in [0.1, 0.15) is 32.1 Å². The van der Waals surface area contributed by atoms with Crippen molar-refractivity contribution < 1.29 is 14.3 Å². The lowest BCUT2D eigenvalue weighted by atomic mass is 10.1. The molecule has 0 fully saturated rings. The zero-order chi connectivity index (χ0) is 18.7. The van der Waals surface area contributed by atoms with Crippen LogP contribution < -0.4 is 0 Å². The van der Waals surface area contributed by atoms with Crippen LogP contribution in [0.25, 0.3) is 11.4 Å². The summed E-state index contributed by atoms with van der Waals surface area (Å²) in [5.41, 5.74) is 3.71. The molecule has 0 aliphatic heterocycles. The number of ketones is 1. The molecule has 3 rings (SSSR count). The molecule has 1 N–H and O–H groups in total. The van der Waals surface area contributed by atoms with Gasteiger partial charge in [0.05, 0.1) is 11.3 Å². The largest absolute Gasteiger partial charge is 0.454 e. The first-order chi connectivity index (χ1) is 12.4. The van der Waals surface area contributed by atoms with Crippen molar-refractivity contribution in [1.82, 2.24) is 9.97 Å². The van der Waals surface area contributed by atoms with Gasteiger partial charge in [-0.3, -0.25) is 4.79 Å². The van der Waals surface area contributed by atoms with Gasteiger partial charge in [-0.1, -0.05) is 40.2 Å². The van der Waals surface area contributed by atoms with E-state index in [0.29, 0.717) is 11.1 Å². The SMILES string of the molecule is Cc1nc(-c2ccc(C(=O)OCC(=O)c3ccc(Br)cc3)cc2)[nH]c1C. The van der Waals surface area contributed by atoms with Crippen LogP contribution in [0.2, 0.25) is 0 Å². The third kappa shape index (κ3) is 4.08. The molecule has 0 radical (unpaired) electrons. The molecule has 3 aromatic rings. The summed E-state index contributed by atoms with van der Waals surface area (Å²) < 4.78 is 6.00. The van der Waals surface area contributed by atoms with Crippen molar-refractivity contribution in [2.75, 3.05) is 6.61 Å². The van der Waals surface area contributed by atoms with Crippen LogP contribution >= 0.6 is 15.9 Å². The summed E-state index contributed by atoms with van der Waals surface area (Å²) in [5.74, 6) is -0.0249. The van der Waals surface area contributed by atoms with Gasteiger partial charge in [-0.05, 0) is 38.1 Å². The summed E-state index contributed by atoms with van der Waals surface area (Å²) in [6.07, 6.45) is 0. The Morgan fingerprint density at radius 2 is 1.62 bits per heavy atom. The van der Waals surface area contributed by atoms with Crippen molar-refractivity contribution >= 4 is 27.7 Å². The number of nitrogens with zero attached hydrogens (tertiary/aromatic N) is 1. The lowest BCUT2D eigenvalue weighted by Gasteiger charge is -2.05. The molecule has 26 heavy (non-hydrogen) atoms. The molecule has 1 aromatic heterocycles. The highest BCUT2D eigenvalue weighted by atomic mass is 79.9. The molecule has 5 nitrogen and oxygen atoms in total. The van der Waals surface area contributed by atoms with E-state index in [9.17, 15) is 9.59 Å². The number of carbonyl (C=O) groups excluding carboxylic acids is 2. The molecule has 0 saturated carbocycles. The minimum absolute atomic E-state index is 0.246. The van der Waals surface area contributed by atoms with Crippen molar-refractivity contribution in [3.8, 4) is 11.4 Å². The first-order valence-electron chi connectivity index (χ1n) is 8.03. The fourth-order valence-electron chi connectivity index (χ4n) is 2.38. The van der Waals surface area contributed by atoms with Crippen LogP contribution in [-0.4, -0.2) is 28.3 Å². The number of carbonyl (C=O) groups is 2. The third-order valence-electron chi connectivity index (χ3n) is 4.02. The Bertz CT molecular complexity index is 925. The number of ether oxygens (including phenoxy) is 1. The molecule has 0 atom stereocenters. The number of benzene rings is 2.